The van der Waals surface area contributed by atoms with Gasteiger partial charge in [-0.25, -0.2) is 0 Å². The second kappa shape index (κ2) is 3.02. The fraction of sp³-hybridized carbons (Fsp3) is 1.00. The van der Waals surface area contributed by atoms with Crippen LogP contribution in [0.3, 0.4) is 0 Å². The van der Waals surface area contributed by atoms with Crippen molar-refractivity contribution in [2.75, 3.05) is 13.1 Å². The van der Waals surface area contributed by atoms with Crippen LogP contribution in [0.5, 0.6) is 0 Å². The zero-order chi connectivity index (χ0) is 8.60. The topological polar surface area (TPSA) is 3.24 Å². The van der Waals surface area contributed by atoms with Gasteiger partial charge in [-0.2, -0.15) is 0 Å². The Morgan fingerprint density at radius 1 is 1.25 bits per heavy atom. The van der Waals surface area contributed by atoms with E-state index in [-0.39, 0.29) is 0 Å². The van der Waals surface area contributed by atoms with Gasteiger partial charge in [0.1, 0.15) is 0 Å². The highest BCUT2D eigenvalue weighted by Crippen LogP contribution is 2.44. The molecule has 1 aliphatic heterocycles. The molecule has 1 nitrogen and oxygen atoms in total. The summed E-state index contributed by atoms with van der Waals surface area (Å²) >= 11 is 0. The molecule has 0 aromatic heterocycles. The molecule has 12 heavy (non-hydrogen) atoms. The summed E-state index contributed by atoms with van der Waals surface area (Å²) in [6, 6.07) is 0. The van der Waals surface area contributed by atoms with Gasteiger partial charge in [-0.15, -0.1) is 0 Å². The van der Waals surface area contributed by atoms with E-state index in [1.54, 1.807) is 0 Å². The molecule has 1 aliphatic carbocycles. The highest BCUT2D eigenvalue weighted by atomic mass is 15.3. The summed E-state index contributed by atoms with van der Waals surface area (Å²) in [4.78, 5) is 2.69. The van der Waals surface area contributed by atoms with Crippen molar-refractivity contribution in [1.82, 2.24) is 4.90 Å². The Kier molecular flexibility index (Phi) is 2.16. The first-order valence-corrected chi connectivity index (χ1v) is 5.52. The normalized spacial score (nSPS) is 43.0. The molecule has 0 radical (unpaired) electrons. The van der Waals surface area contributed by atoms with Crippen molar-refractivity contribution in [2.45, 2.75) is 51.5 Å². The highest BCUT2D eigenvalue weighted by molar-refractivity contribution is 5.01. The van der Waals surface area contributed by atoms with Crippen molar-refractivity contribution in [3.63, 3.8) is 0 Å². The first kappa shape index (κ1) is 8.55. The number of rotatable bonds is 1. The molecule has 1 heterocycles. The van der Waals surface area contributed by atoms with E-state index in [2.05, 4.69) is 18.7 Å². The Morgan fingerprint density at radius 3 is 2.33 bits per heavy atom. The van der Waals surface area contributed by atoms with Crippen LogP contribution in [0, 0.1) is 5.92 Å². The van der Waals surface area contributed by atoms with Crippen LogP contribution in [0.25, 0.3) is 0 Å². The monoisotopic (exact) mass is 167 g/mol. The molecule has 0 amide bonds. The number of nitrogens with zero attached hydrogens (tertiary/aromatic N) is 1. The minimum Gasteiger partial charge on any atom is -0.298 e. The molecule has 1 saturated carbocycles. The molecule has 0 bridgehead atoms. The van der Waals surface area contributed by atoms with Crippen molar-refractivity contribution in [3.05, 3.63) is 0 Å². The molecular formula is C11H21N. The zero-order valence-electron chi connectivity index (χ0n) is 8.47. The molecular weight excluding hydrogens is 146 g/mol. The Labute approximate surface area is 76.1 Å². The fourth-order valence-electron chi connectivity index (χ4n) is 2.95. The van der Waals surface area contributed by atoms with Crippen molar-refractivity contribution < 1.29 is 0 Å². The third-order valence-corrected chi connectivity index (χ3v) is 4.10. The smallest absolute Gasteiger partial charge is 0.0221 e. The lowest BCUT2D eigenvalue weighted by Gasteiger charge is -2.56. The SMILES string of the molecule is CCN1CCC12CCC(C)CC2. The molecule has 0 unspecified atom stereocenters. The summed E-state index contributed by atoms with van der Waals surface area (Å²) in [5.41, 5.74) is 0.682. The van der Waals surface area contributed by atoms with Gasteiger partial charge in [-0.3, -0.25) is 4.90 Å². The van der Waals surface area contributed by atoms with Crippen LogP contribution in [0.15, 0.2) is 0 Å². The van der Waals surface area contributed by atoms with Crippen LogP contribution in [0.4, 0.5) is 0 Å². The summed E-state index contributed by atoms with van der Waals surface area (Å²) < 4.78 is 0. The van der Waals surface area contributed by atoms with E-state index in [1.165, 1.54) is 45.2 Å². The molecule has 1 spiro atoms. The minimum absolute atomic E-state index is 0.682. The molecule has 1 saturated heterocycles. The van der Waals surface area contributed by atoms with E-state index in [0.29, 0.717) is 5.54 Å². The maximum absolute atomic E-state index is 2.69. The molecule has 0 N–H and O–H groups in total. The van der Waals surface area contributed by atoms with Gasteiger partial charge in [0.15, 0.2) is 0 Å². The van der Waals surface area contributed by atoms with E-state index in [0.717, 1.165) is 5.92 Å². The molecule has 70 valence electrons. The molecule has 1 heteroatoms. The predicted molar refractivity (Wildman–Crippen MR) is 52.2 cm³/mol. The number of likely N-dealkylation sites (tertiary alicyclic amines) is 1. The van der Waals surface area contributed by atoms with Crippen LogP contribution < -0.4 is 0 Å². The number of hydrogen-bond acceptors (Lipinski definition) is 1. The van der Waals surface area contributed by atoms with Gasteiger partial charge < -0.3 is 0 Å². The van der Waals surface area contributed by atoms with E-state index in [4.69, 9.17) is 0 Å². The van der Waals surface area contributed by atoms with Crippen LogP contribution in [-0.2, 0) is 0 Å². The van der Waals surface area contributed by atoms with Crippen LogP contribution >= 0.6 is 0 Å². The molecule has 0 atom stereocenters. The van der Waals surface area contributed by atoms with Gasteiger partial charge >= 0.3 is 0 Å². The molecule has 2 rings (SSSR count). The maximum Gasteiger partial charge on any atom is 0.0221 e. The van der Waals surface area contributed by atoms with E-state index < -0.39 is 0 Å². The second-order valence-corrected chi connectivity index (χ2v) is 4.74. The largest absolute Gasteiger partial charge is 0.298 e. The summed E-state index contributed by atoms with van der Waals surface area (Å²) in [5.74, 6) is 0.995. The quantitative estimate of drug-likeness (QED) is 0.580. The van der Waals surface area contributed by atoms with E-state index >= 15 is 0 Å². The standard InChI is InChI=1S/C11H21N/c1-3-12-9-8-11(12)6-4-10(2)5-7-11/h10H,3-9H2,1-2H3. The first-order valence-electron chi connectivity index (χ1n) is 5.52. The lowest BCUT2D eigenvalue weighted by atomic mass is 9.70. The number of hydrogen-bond donors (Lipinski definition) is 0. The van der Waals surface area contributed by atoms with Crippen molar-refractivity contribution in [3.8, 4) is 0 Å². The maximum atomic E-state index is 2.69. The average molecular weight is 167 g/mol. The average Bonchev–Trinajstić information content (AvgIpc) is 2.05. The van der Waals surface area contributed by atoms with Gasteiger partial charge in [0, 0.05) is 12.1 Å². The van der Waals surface area contributed by atoms with E-state index in [9.17, 15) is 0 Å². The van der Waals surface area contributed by atoms with Crippen LogP contribution in [0.2, 0.25) is 0 Å². The van der Waals surface area contributed by atoms with Gasteiger partial charge in [0.2, 0.25) is 0 Å². The Bertz CT molecular complexity index is 154. The van der Waals surface area contributed by atoms with Crippen LogP contribution in [-0.4, -0.2) is 23.5 Å². The summed E-state index contributed by atoms with van der Waals surface area (Å²) in [5, 5.41) is 0. The van der Waals surface area contributed by atoms with Crippen molar-refractivity contribution in [2.24, 2.45) is 5.92 Å². The summed E-state index contributed by atoms with van der Waals surface area (Å²) in [6.07, 6.45) is 7.37. The summed E-state index contributed by atoms with van der Waals surface area (Å²) in [6.45, 7) is 7.35. The van der Waals surface area contributed by atoms with Gasteiger partial charge in [0.05, 0.1) is 0 Å². The Balaban J connectivity index is 1.95. The van der Waals surface area contributed by atoms with Crippen molar-refractivity contribution in [1.29, 1.82) is 0 Å². The Morgan fingerprint density at radius 2 is 1.92 bits per heavy atom. The van der Waals surface area contributed by atoms with Gasteiger partial charge in [0.25, 0.3) is 0 Å². The third kappa shape index (κ3) is 1.19. The second-order valence-electron chi connectivity index (χ2n) is 4.74. The predicted octanol–water partition coefficient (Wildman–Crippen LogP) is 2.66. The molecule has 2 fully saturated rings. The fourth-order valence-corrected chi connectivity index (χ4v) is 2.95. The minimum atomic E-state index is 0.682. The lowest BCUT2D eigenvalue weighted by molar-refractivity contribution is -0.0455. The third-order valence-electron chi connectivity index (χ3n) is 4.10. The van der Waals surface area contributed by atoms with Crippen molar-refractivity contribution >= 4 is 0 Å². The van der Waals surface area contributed by atoms with E-state index in [1.807, 2.05) is 0 Å². The lowest BCUT2D eigenvalue weighted by Crippen LogP contribution is -2.60. The first-order chi connectivity index (χ1) is 5.77. The Hall–Kier alpha value is -0.0400. The molecule has 2 aliphatic rings. The molecule has 0 aromatic rings. The highest BCUT2D eigenvalue weighted by Gasteiger charge is 2.44. The summed E-state index contributed by atoms with van der Waals surface area (Å²) in [7, 11) is 0. The van der Waals surface area contributed by atoms with Gasteiger partial charge in [-0.1, -0.05) is 13.8 Å². The van der Waals surface area contributed by atoms with Crippen LogP contribution in [0.1, 0.15) is 46.0 Å². The molecule has 0 aromatic carbocycles. The van der Waals surface area contributed by atoms with Gasteiger partial charge in [-0.05, 0) is 44.6 Å². The zero-order valence-corrected chi connectivity index (χ0v) is 8.47.